The van der Waals surface area contributed by atoms with E-state index in [0.717, 1.165) is 27.7 Å². The number of nitrogens with zero attached hydrogens (tertiary/aromatic N) is 3. The Kier molecular flexibility index (Phi) is 4.79. The molecule has 0 bridgehead atoms. The Morgan fingerprint density at radius 2 is 1.63 bits per heavy atom. The highest BCUT2D eigenvalue weighted by molar-refractivity contribution is 5.88. The SMILES string of the molecule is Cc1ccc(C(C(=O)CCc2ccccc2)n2nnc3ccccc32)cc1. The largest absolute Gasteiger partial charge is 0.297 e. The van der Waals surface area contributed by atoms with Crippen molar-refractivity contribution in [1.82, 2.24) is 15.0 Å². The number of benzene rings is 3. The van der Waals surface area contributed by atoms with Gasteiger partial charge in [0, 0.05) is 6.42 Å². The van der Waals surface area contributed by atoms with E-state index in [1.807, 2.05) is 73.7 Å². The molecule has 0 aliphatic heterocycles. The summed E-state index contributed by atoms with van der Waals surface area (Å²) in [4.78, 5) is 13.3. The molecule has 4 nitrogen and oxygen atoms in total. The third-order valence-corrected chi connectivity index (χ3v) is 4.82. The van der Waals surface area contributed by atoms with Crippen molar-refractivity contribution in [1.29, 1.82) is 0 Å². The van der Waals surface area contributed by atoms with Gasteiger partial charge in [-0.3, -0.25) is 4.79 Å². The molecule has 4 heteroatoms. The van der Waals surface area contributed by atoms with Crippen molar-refractivity contribution in [2.75, 3.05) is 0 Å². The molecule has 0 amide bonds. The topological polar surface area (TPSA) is 47.8 Å². The van der Waals surface area contributed by atoms with Crippen LogP contribution in [0.15, 0.2) is 78.9 Å². The molecule has 4 aromatic rings. The van der Waals surface area contributed by atoms with Crippen LogP contribution in [-0.2, 0) is 11.2 Å². The molecule has 1 atom stereocenters. The van der Waals surface area contributed by atoms with Gasteiger partial charge in [-0.2, -0.15) is 0 Å². The molecular formula is C23H21N3O. The highest BCUT2D eigenvalue weighted by Gasteiger charge is 2.25. The first-order valence-corrected chi connectivity index (χ1v) is 9.15. The monoisotopic (exact) mass is 355 g/mol. The molecule has 134 valence electrons. The number of rotatable bonds is 6. The van der Waals surface area contributed by atoms with Crippen molar-refractivity contribution in [2.24, 2.45) is 0 Å². The Hall–Kier alpha value is -3.27. The first-order chi connectivity index (χ1) is 13.2. The van der Waals surface area contributed by atoms with Crippen LogP contribution in [-0.4, -0.2) is 20.8 Å². The summed E-state index contributed by atoms with van der Waals surface area (Å²) >= 11 is 0. The Morgan fingerprint density at radius 3 is 2.41 bits per heavy atom. The first kappa shape index (κ1) is 17.2. The maximum absolute atomic E-state index is 13.3. The van der Waals surface area contributed by atoms with Gasteiger partial charge in [0.2, 0.25) is 0 Å². The summed E-state index contributed by atoms with van der Waals surface area (Å²) < 4.78 is 1.76. The zero-order valence-corrected chi connectivity index (χ0v) is 15.2. The minimum absolute atomic E-state index is 0.137. The van der Waals surface area contributed by atoms with E-state index in [2.05, 4.69) is 22.4 Å². The summed E-state index contributed by atoms with van der Waals surface area (Å²) in [5.74, 6) is 0.137. The quantitative estimate of drug-likeness (QED) is 0.510. The van der Waals surface area contributed by atoms with Crippen LogP contribution in [0.2, 0.25) is 0 Å². The van der Waals surface area contributed by atoms with Gasteiger partial charge < -0.3 is 0 Å². The second-order valence-electron chi connectivity index (χ2n) is 6.79. The van der Waals surface area contributed by atoms with Gasteiger partial charge in [-0.15, -0.1) is 5.10 Å². The minimum atomic E-state index is -0.471. The van der Waals surface area contributed by atoms with Crippen LogP contribution in [0.25, 0.3) is 11.0 Å². The summed E-state index contributed by atoms with van der Waals surface area (Å²) in [5, 5.41) is 8.56. The minimum Gasteiger partial charge on any atom is -0.297 e. The Morgan fingerprint density at radius 1 is 0.926 bits per heavy atom. The van der Waals surface area contributed by atoms with E-state index in [-0.39, 0.29) is 5.78 Å². The zero-order chi connectivity index (χ0) is 18.6. The predicted octanol–water partition coefficient (Wildman–Crippen LogP) is 4.53. The molecule has 0 aliphatic rings. The lowest BCUT2D eigenvalue weighted by molar-refractivity contribution is -0.121. The normalized spacial score (nSPS) is 12.2. The summed E-state index contributed by atoms with van der Waals surface area (Å²) in [7, 11) is 0. The molecule has 0 saturated carbocycles. The molecule has 0 saturated heterocycles. The second kappa shape index (κ2) is 7.54. The van der Waals surface area contributed by atoms with E-state index < -0.39 is 6.04 Å². The number of Topliss-reactive ketones (excluding diaryl/α,β-unsaturated/α-hetero) is 1. The maximum atomic E-state index is 13.3. The number of fused-ring (bicyclic) bond motifs is 1. The molecule has 0 radical (unpaired) electrons. The molecule has 3 aromatic carbocycles. The maximum Gasteiger partial charge on any atom is 0.162 e. The molecular weight excluding hydrogens is 334 g/mol. The Labute approximate surface area is 158 Å². The number of hydrogen-bond donors (Lipinski definition) is 0. The lowest BCUT2D eigenvalue weighted by Crippen LogP contribution is -2.22. The fourth-order valence-electron chi connectivity index (χ4n) is 3.34. The van der Waals surface area contributed by atoms with Crippen molar-refractivity contribution < 1.29 is 4.79 Å². The summed E-state index contributed by atoms with van der Waals surface area (Å²) in [5.41, 5.74) is 4.94. The third kappa shape index (κ3) is 3.65. The Balaban J connectivity index is 1.69. The van der Waals surface area contributed by atoms with E-state index in [0.29, 0.717) is 12.8 Å². The van der Waals surface area contributed by atoms with Crippen molar-refractivity contribution in [3.63, 3.8) is 0 Å². The van der Waals surface area contributed by atoms with E-state index in [1.54, 1.807) is 4.68 Å². The zero-order valence-electron chi connectivity index (χ0n) is 15.2. The van der Waals surface area contributed by atoms with Crippen LogP contribution < -0.4 is 0 Å². The molecule has 27 heavy (non-hydrogen) atoms. The van der Waals surface area contributed by atoms with Gasteiger partial charge in [0.05, 0.1) is 5.52 Å². The van der Waals surface area contributed by atoms with Gasteiger partial charge in [0.25, 0.3) is 0 Å². The number of hydrogen-bond acceptors (Lipinski definition) is 3. The van der Waals surface area contributed by atoms with Gasteiger partial charge in [-0.05, 0) is 36.6 Å². The van der Waals surface area contributed by atoms with Gasteiger partial charge in [-0.1, -0.05) is 77.5 Å². The Bertz CT molecular complexity index is 1050. The molecule has 0 fully saturated rings. The molecule has 0 aliphatic carbocycles. The summed E-state index contributed by atoms with van der Waals surface area (Å²) in [6.07, 6.45) is 1.17. The highest BCUT2D eigenvalue weighted by atomic mass is 16.1. The number of aromatic nitrogens is 3. The van der Waals surface area contributed by atoms with Gasteiger partial charge >= 0.3 is 0 Å². The highest BCUT2D eigenvalue weighted by Crippen LogP contribution is 2.25. The number of carbonyl (C=O) groups excluding carboxylic acids is 1. The van der Waals surface area contributed by atoms with E-state index in [4.69, 9.17) is 0 Å². The average Bonchev–Trinajstić information content (AvgIpc) is 3.13. The van der Waals surface area contributed by atoms with Gasteiger partial charge in [0.1, 0.15) is 11.6 Å². The third-order valence-electron chi connectivity index (χ3n) is 4.82. The number of aryl methyl sites for hydroxylation is 2. The van der Waals surface area contributed by atoms with E-state index in [9.17, 15) is 4.79 Å². The lowest BCUT2D eigenvalue weighted by Gasteiger charge is -2.18. The standard InChI is InChI=1S/C23H21N3O/c1-17-11-14-19(15-12-17)23(22(27)16-13-18-7-3-2-4-8-18)26-21-10-6-5-9-20(21)24-25-26/h2-12,14-15,23H,13,16H2,1H3. The van der Waals surface area contributed by atoms with Crippen molar-refractivity contribution in [2.45, 2.75) is 25.8 Å². The molecule has 1 heterocycles. The van der Waals surface area contributed by atoms with Crippen molar-refractivity contribution in [3.8, 4) is 0 Å². The average molecular weight is 355 g/mol. The molecule has 1 unspecified atom stereocenters. The van der Waals surface area contributed by atoms with Crippen LogP contribution >= 0.6 is 0 Å². The molecule has 1 aromatic heterocycles. The van der Waals surface area contributed by atoms with Gasteiger partial charge in [-0.25, -0.2) is 4.68 Å². The fourth-order valence-corrected chi connectivity index (χ4v) is 3.34. The summed E-state index contributed by atoms with van der Waals surface area (Å²) in [6, 6.07) is 25.5. The lowest BCUT2D eigenvalue weighted by atomic mass is 9.97. The van der Waals surface area contributed by atoms with Crippen LogP contribution in [0.1, 0.15) is 29.2 Å². The number of para-hydroxylation sites is 1. The number of carbonyl (C=O) groups is 1. The van der Waals surface area contributed by atoms with E-state index >= 15 is 0 Å². The van der Waals surface area contributed by atoms with Crippen molar-refractivity contribution >= 4 is 16.8 Å². The number of ketones is 1. The molecule has 0 spiro atoms. The van der Waals surface area contributed by atoms with Crippen molar-refractivity contribution in [3.05, 3.63) is 95.6 Å². The van der Waals surface area contributed by atoms with E-state index in [1.165, 1.54) is 0 Å². The van der Waals surface area contributed by atoms with Gasteiger partial charge in [0.15, 0.2) is 5.78 Å². The summed E-state index contributed by atoms with van der Waals surface area (Å²) in [6.45, 7) is 2.04. The van der Waals surface area contributed by atoms with Crippen LogP contribution in [0.3, 0.4) is 0 Å². The molecule has 0 N–H and O–H groups in total. The smallest absolute Gasteiger partial charge is 0.162 e. The van der Waals surface area contributed by atoms with Crippen LogP contribution in [0, 0.1) is 6.92 Å². The molecule has 4 rings (SSSR count). The predicted molar refractivity (Wildman–Crippen MR) is 107 cm³/mol. The van der Waals surface area contributed by atoms with Crippen LogP contribution in [0.4, 0.5) is 0 Å². The second-order valence-corrected chi connectivity index (χ2v) is 6.79. The fraction of sp³-hybridized carbons (Fsp3) is 0.174. The van der Waals surface area contributed by atoms with Crippen LogP contribution in [0.5, 0.6) is 0 Å². The first-order valence-electron chi connectivity index (χ1n) is 9.15.